The molecular weight excluding hydrogens is 472 g/mol. The van der Waals surface area contributed by atoms with E-state index in [-0.39, 0.29) is 11.5 Å². The summed E-state index contributed by atoms with van der Waals surface area (Å²) in [7, 11) is 1.58. The third-order valence-corrected chi connectivity index (χ3v) is 5.94. The number of carbonyl (C=O) groups is 1. The minimum absolute atomic E-state index is 0.0960. The van der Waals surface area contributed by atoms with Crippen molar-refractivity contribution in [1.82, 2.24) is 25.5 Å². The molecule has 1 aromatic heterocycles. The molecule has 11 nitrogen and oxygen atoms in total. The van der Waals surface area contributed by atoms with Crippen molar-refractivity contribution in [3.8, 4) is 11.5 Å². The van der Waals surface area contributed by atoms with E-state index >= 15 is 0 Å². The zero-order chi connectivity index (χ0) is 25.6. The van der Waals surface area contributed by atoms with Crippen LogP contribution in [0.5, 0.6) is 11.5 Å². The number of methoxy groups -OCH3 is 1. The van der Waals surface area contributed by atoms with Gasteiger partial charge in [0, 0.05) is 31.0 Å². The number of anilines is 1. The fourth-order valence-electron chi connectivity index (χ4n) is 4.14. The molecule has 0 bridgehead atoms. The summed E-state index contributed by atoms with van der Waals surface area (Å²) in [5.41, 5.74) is 8.42. The molecule has 2 aliphatic rings. The van der Waals surface area contributed by atoms with E-state index in [2.05, 4.69) is 37.7 Å². The second-order valence-corrected chi connectivity index (χ2v) is 8.43. The van der Waals surface area contributed by atoms with Crippen molar-refractivity contribution in [2.75, 3.05) is 39.1 Å². The van der Waals surface area contributed by atoms with Gasteiger partial charge in [0.2, 0.25) is 11.9 Å². The number of guanidine groups is 1. The van der Waals surface area contributed by atoms with Gasteiger partial charge in [-0.2, -0.15) is 0 Å². The van der Waals surface area contributed by atoms with Gasteiger partial charge in [-0.05, 0) is 30.7 Å². The Kier molecular flexibility index (Phi) is 7.22. The van der Waals surface area contributed by atoms with Crippen molar-refractivity contribution in [3.63, 3.8) is 0 Å². The Balaban J connectivity index is 1.29. The zero-order valence-electron chi connectivity index (χ0n) is 20.5. The highest BCUT2D eigenvalue weighted by atomic mass is 16.5. The van der Waals surface area contributed by atoms with Crippen molar-refractivity contribution >= 4 is 29.3 Å². The topological polar surface area (TPSA) is 139 Å². The van der Waals surface area contributed by atoms with Gasteiger partial charge in [0.25, 0.3) is 5.91 Å². The smallest absolute Gasteiger partial charge is 0.261 e. The van der Waals surface area contributed by atoms with Crippen LogP contribution in [0.3, 0.4) is 0 Å². The summed E-state index contributed by atoms with van der Waals surface area (Å²) < 4.78 is 11.8. The average Bonchev–Trinajstić information content (AvgIpc) is 3.42. The standard InChI is InChI=1S/C26H28N8O3/c1-36-22-20(37-13-5-10-28-14-17-6-3-2-4-7-17)9-8-19-21(22)32-26(34-12-11-29-23(19)34)33-24(35)18-15-30-25(27)31-16-18/h2-4,6-9,15-16,28H,5,10-14H2,1H3,(H2,27,30,31)(H,32,33,35). The number of nitrogens with zero attached hydrogens (tertiary/aromatic N) is 5. The molecule has 0 unspecified atom stereocenters. The fraction of sp³-hybridized carbons (Fsp3) is 0.269. The van der Waals surface area contributed by atoms with Gasteiger partial charge in [0.15, 0.2) is 11.5 Å². The summed E-state index contributed by atoms with van der Waals surface area (Å²) in [6.45, 7) is 3.33. The number of nitrogens with two attached hydrogens (primary N) is 1. The summed E-state index contributed by atoms with van der Waals surface area (Å²) in [5.74, 6) is 1.85. The number of nitrogens with one attached hydrogen (secondary N) is 2. The largest absolute Gasteiger partial charge is 0.491 e. The number of rotatable bonds is 9. The first-order valence-electron chi connectivity index (χ1n) is 12.0. The van der Waals surface area contributed by atoms with Crippen molar-refractivity contribution in [1.29, 1.82) is 0 Å². The summed E-state index contributed by atoms with van der Waals surface area (Å²) in [4.78, 5) is 31.8. The SMILES string of the molecule is COc1c(OCCCNCc2ccccc2)ccc2c1N=C(NC(=O)c1cnc(N)nc1)N1CCN=C21. The Labute approximate surface area is 214 Å². The van der Waals surface area contributed by atoms with Gasteiger partial charge in [0.1, 0.15) is 11.5 Å². The van der Waals surface area contributed by atoms with Gasteiger partial charge in [-0.25, -0.2) is 15.0 Å². The van der Waals surface area contributed by atoms with Crippen molar-refractivity contribution < 1.29 is 14.3 Å². The molecule has 0 radical (unpaired) electrons. The first-order chi connectivity index (χ1) is 18.1. The predicted molar refractivity (Wildman–Crippen MR) is 140 cm³/mol. The van der Waals surface area contributed by atoms with Gasteiger partial charge >= 0.3 is 0 Å². The second kappa shape index (κ2) is 11.0. The molecule has 1 amide bonds. The molecule has 0 fully saturated rings. The van der Waals surface area contributed by atoms with E-state index in [0.29, 0.717) is 42.8 Å². The molecule has 3 aromatic rings. The van der Waals surface area contributed by atoms with Crippen LogP contribution in [0.25, 0.3) is 0 Å². The van der Waals surface area contributed by atoms with Gasteiger partial charge < -0.3 is 20.5 Å². The molecule has 0 aliphatic carbocycles. The molecule has 2 aliphatic heterocycles. The number of hydrogen-bond donors (Lipinski definition) is 3. The maximum atomic E-state index is 12.8. The second-order valence-electron chi connectivity index (χ2n) is 8.43. The predicted octanol–water partition coefficient (Wildman–Crippen LogP) is 2.12. The summed E-state index contributed by atoms with van der Waals surface area (Å²) in [5, 5.41) is 6.27. The number of hydrogen-bond acceptors (Lipinski definition) is 10. The van der Waals surface area contributed by atoms with Crippen LogP contribution in [0.2, 0.25) is 0 Å². The normalized spacial score (nSPS) is 13.8. The quantitative estimate of drug-likeness (QED) is 0.380. The van der Waals surface area contributed by atoms with Gasteiger partial charge in [0.05, 0.1) is 25.8 Å². The molecule has 11 heteroatoms. The lowest BCUT2D eigenvalue weighted by molar-refractivity contribution is 0.0973. The third-order valence-electron chi connectivity index (χ3n) is 5.94. The summed E-state index contributed by atoms with van der Waals surface area (Å²) in [6.07, 6.45) is 3.56. The van der Waals surface area contributed by atoms with Crippen LogP contribution in [0.1, 0.15) is 27.9 Å². The molecule has 3 heterocycles. The average molecular weight is 501 g/mol. The minimum atomic E-state index is -0.400. The number of fused-ring (bicyclic) bond motifs is 3. The Bertz CT molecular complexity index is 1330. The van der Waals surface area contributed by atoms with Gasteiger partial charge in [-0.1, -0.05) is 30.3 Å². The molecule has 0 saturated heterocycles. The Morgan fingerprint density at radius 1 is 1.14 bits per heavy atom. The number of benzene rings is 2. The van der Waals surface area contributed by atoms with E-state index in [4.69, 9.17) is 20.2 Å². The van der Waals surface area contributed by atoms with Crippen LogP contribution >= 0.6 is 0 Å². The van der Waals surface area contributed by atoms with E-state index in [1.807, 2.05) is 35.2 Å². The molecular formula is C26H28N8O3. The van der Waals surface area contributed by atoms with Crippen LogP contribution in [0.4, 0.5) is 11.6 Å². The van der Waals surface area contributed by atoms with Crippen LogP contribution in [-0.4, -0.2) is 65.9 Å². The summed E-state index contributed by atoms with van der Waals surface area (Å²) >= 11 is 0. The Morgan fingerprint density at radius 2 is 1.95 bits per heavy atom. The first kappa shape index (κ1) is 24.2. The molecule has 0 spiro atoms. The van der Waals surface area contributed by atoms with E-state index < -0.39 is 5.91 Å². The number of ether oxygens (including phenoxy) is 2. The maximum Gasteiger partial charge on any atom is 0.261 e. The van der Waals surface area contributed by atoms with Crippen molar-refractivity contribution in [2.45, 2.75) is 13.0 Å². The third kappa shape index (κ3) is 5.36. The van der Waals surface area contributed by atoms with E-state index in [1.54, 1.807) is 7.11 Å². The number of amidine groups is 1. The van der Waals surface area contributed by atoms with E-state index in [9.17, 15) is 4.79 Å². The van der Waals surface area contributed by atoms with E-state index in [0.717, 1.165) is 30.9 Å². The minimum Gasteiger partial charge on any atom is -0.491 e. The summed E-state index contributed by atoms with van der Waals surface area (Å²) in [6, 6.07) is 14.1. The molecule has 0 saturated carbocycles. The molecule has 4 N–H and O–H groups in total. The van der Waals surface area contributed by atoms with E-state index in [1.165, 1.54) is 18.0 Å². The molecule has 2 aromatic carbocycles. The molecule has 37 heavy (non-hydrogen) atoms. The molecule has 190 valence electrons. The highest BCUT2D eigenvalue weighted by molar-refractivity contribution is 6.20. The van der Waals surface area contributed by atoms with Gasteiger partial charge in [-0.15, -0.1) is 0 Å². The Morgan fingerprint density at radius 3 is 2.73 bits per heavy atom. The number of nitrogen functional groups attached to an aromatic ring is 1. The van der Waals surface area contributed by atoms with Crippen LogP contribution < -0.4 is 25.8 Å². The van der Waals surface area contributed by atoms with Gasteiger partial charge in [-0.3, -0.25) is 20.0 Å². The highest BCUT2D eigenvalue weighted by Crippen LogP contribution is 2.43. The van der Waals surface area contributed by atoms with Crippen molar-refractivity contribution in [2.24, 2.45) is 9.98 Å². The zero-order valence-corrected chi connectivity index (χ0v) is 20.5. The maximum absolute atomic E-state index is 12.8. The number of carbonyl (C=O) groups excluding carboxylic acids is 1. The van der Waals surface area contributed by atoms with Crippen LogP contribution in [0.15, 0.2) is 64.8 Å². The lowest BCUT2D eigenvalue weighted by Gasteiger charge is -2.28. The first-order valence-corrected chi connectivity index (χ1v) is 12.0. The molecule has 0 atom stereocenters. The number of aliphatic imine (C=N–C) groups is 2. The van der Waals surface area contributed by atoms with Crippen molar-refractivity contribution in [3.05, 3.63) is 71.5 Å². The number of amides is 1. The number of aromatic nitrogens is 2. The Hall–Kier alpha value is -4.51. The fourth-order valence-corrected chi connectivity index (χ4v) is 4.14. The lowest BCUT2D eigenvalue weighted by Crippen LogP contribution is -2.47. The van der Waals surface area contributed by atoms with Crippen LogP contribution in [0, 0.1) is 0 Å². The highest BCUT2D eigenvalue weighted by Gasteiger charge is 2.33. The monoisotopic (exact) mass is 500 g/mol. The molecule has 5 rings (SSSR count). The lowest BCUT2D eigenvalue weighted by atomic mass is 10.1. The van der Waals surface area contributed by atoms with Crippen LogP contribution in [-0.2, 0) is 6.54 Å².